The molecule has 0 saturated heterocycles. The van der Waals surface area contributed by atoms with Crippen molar-refractivity contribution in [1.29, 1.82) is 0 Å². The summed E-state index contributed by atoms with van der Waals surface area (Å²) in [5.74, 6) is 0.384. The first-order valence-electron chi connectivity index (χ1n) is 9.11. The Labute approximate surface area is 165 Å². The topological polar surface area (TPSA) is 84.3 Å². The van der Waals surface area contributed by atoms with Gasteiger partial charge in [-0.15, -0.1) is 0 Å². The van der Waals surface area contributed by atoms with Gasteiger partial charge >= 0.3 is 0 Å². The molecular formula is C20H19F2N7. The van der Waals surface area contributed by atoms with E-state index in [1.807, 2.05) is 26.8 Å². The van der Waals surface area contributed by atoms with Crippen molar-refractivity contribution in [2.24, 2.45) is 0 Å². The first-order chi connectivity index (χ1) is 14.0. The second-order valence-corrected chi connectivity index (χ2v) is 6.63. The fourth-order valence-electron chi connectivity index (χ4n) is 3.24. The fourth-order valence-corrected chi connectivity index (χ4v) is 3.24. The number of nitrogens with zero attached hydrogens (tertiary/aromatic N) is 5. The Kier molecular flexibility index (Phi) is 4.79. The van der Waals surface area contributed by atoms with Gasteiger partial charge in [0.15, 0.2) is 11.6 Å². The second-order valence-electron chi connectivity index (χ2n) is 6.63. The first-order valence-corrected chi connectivity index (χ1v) is 9.11. The molecule has 29 heavy (non-hydrogen) atoms. The summed E-state index contributed by atoms with van der Waals surface area (Å²) in [4.78, 5) is 8.52. The molecule has 0 saturated carbocycles. The summed E-state index contributed by atoms with van der Waals surface area (Å²) in [6.07, 6.45) is 2.02. The van der Waals surface area contributed by atoms with Crippen LogP contribution >= 0.6 is 0 Å². The molecular weight excluding hydrogens is 376 g/mol. The monoisotopic (exact) mass is 395 g/mol. The zero-order chi connectivity index (χ0) is 20.5. The number of halogens is 2. The van der Waals surface area contributed by atoms with Crippen molar-refractivity contribution >= 4 is 11.6 Å². The van der Waals surface area contributed by atoms with Gasteiger partial charge in [-0.2, -0.15) is 10.2 Å². The van der Waals surface area contributed by atoms with Gasteiger partial charge in [0.1, 0.15) is 23.8 Å². The van der Waals surface area contributed by atoms with E-state index in [0.29, 0.717) is 29.6 Å². The number of aromatic nitrogens is 6. The van der Waals surface area contributed by atoms with Crippen LogP contribution in [0.25, 0.3) is 17.1 Å². The smallest absolute Gasteiger partial charge is 0.159 e. The molecule has 0 aliphatic carbocycles. The summed E-state index contributed by atoms with van der Waals surface area (Å²) in [6.45, 7) is 5.79. The average Bonchev–Trinajstić information content (AvgIpc) is 3.24. The summed E-state index contributed by atoms with van der Waals surface area (Å²) < 4.78 is 29.2. The lowest BCUT2D eigenvalue weighted by Gasteiger charge is -2.08. The van der Waals surface area contributed by atoms with Crippen LogP contribution in [0.4, 0.5) is 20.4 Å². The lowest BCUT2D eigenvalue weighted by atomic mass is 10.1. The van der Waals surface area contributed by atoms with Gasteiger partial charge < -0.3 is 5.32 Å². The summed E-state index contributed by atoms with van der Waals surface area (Å²) in [5.41, 5.74) is 3.37. The number of hydrogen-bond donors (Lipinski definition) is 2. The van der Waals surface area contributed by atoms with E-state index < -0.39 is 11.6 Å². The Morgan fingerprint density at radius 1 is 1.10 bits per heavy atom. The van der Waals surface area contributed by atoms with Gasteiger partial charge in [0.05, 0.1) is 11.4 Å². The Morgan fingerprint density at radius 2 is 1.93 bits per heavy atom. The molecule has 0 unspecified atom stereocenters. The van der Waals surface area contributed by atoms with Crippen molar-refractivity contribution < 1.29 is 8.78 Å². The molecule has 2 N–H and O–H groups in total. The molecule has 0 atom stereocenters. The zero-order valence-corrected chi connectivity index (χ0v) is 16.2. The zero-order valence-electron chi connectivity index (χ0n) is 16.2. The fraction of sp³-hybridized carbons (Fsp3) is 0.200. The van der Waals surface area contributed by atoms with Crippen molar-refractivity contribution in [2.75, 3.05) is 5.32 Å². The van der Waals surface area contributed by atoms with Gasteiger partial charge in [-0.1, -0.05) is 6.92 Å². The van der Waals surface area contributed by atoms with Crippen molar-refractivity contribution in [3.63, 3.8) is 0 Å². The van der Waals surface area contributed by atoms with Gasteiger partial charge in [0.25, 0.3) is 0 Å². The summed E-state index contributed by atoms with van der Waals surface area (Å²) >= 11 is 0. The molecule has 0 bridgehead atoms. The predicted octanol–water partition coefficient (Wildman–Crippen LogP) is 4.25. The highest BCUT2D eigenvalue weighted by Crippen LogP contribution is 2.31. The van der Waals surface area contributed by atoms with Crippen molar-refractivity contribution in [3.8, 4) is 17.1 Å². The Morgan fingerprint density at radius 3 is 2.62 bits per heavy atom. The van der Waals surface area contributed by atoms with Gasteiger partial charge in [0, 0.05) is 29.0 Å². The van der Waals surface area contributed by atoms with Crippen LogP contribution in [0.5, 0.6) is 0 Å². The predicted molar refractivity (Wildman–Crippen MR) is 105 cm³/mol. The first kappa shape index (κ1) is 18.7. The van der Waals surface area contributed by atoms with Crippen LogP contribution in [0.3, 0.4) is 0 Å². The third-order valence-electron chi connectivity index (χ3n) is 4.55. The maximum Gasteiger partial charge on any atom is 0.159 e. The molecule has 0 spiro atoms. The van der Waals surface area contributed by atoms with Gasteiger partial charge in [0.2, 0.25) is 0 Å². The standard InChI is InChI=1S/C20H19F2N7/c1-4-14-19(15-6-5-13(21)8-16(15)22)26-27-20(14)25-17-9-18(24-10-23-17)29-12(3)7-11(2)28-29/h5-10H,4H2,1-3H3,(H2,23,24,25,26,27). The minimum atomic E-state index is -0.649. The van der Waals surface area contributed by atoms with Crippen LogP contribution in [-0.4, -0.2) is 29.9 Å². The Balaban J connectivity index is 1.68. The quantitative estimate of drug-likeness (QED) is 0.528. The third kappa shape index (κ3) is 3.58. The van der Waals surface area contributed by atoms with E-state index in [9.17, 15) is 8.78 Å². The number of H-pyrrole nitrogens is 1. The lowest BCUT2D eigenvalue weighted by Crippen LogP contribution is -2.04. The van der Waals surface area contributed by atoms with E-state index in [2.05, 4.69) is 30.6 Å². The number of rotatable bonds is 5. The maximum atomic E-state index is 14.2. The van der Waals surface area contributed by atoms with Crippen LogP contribution in [0.1, 0.15) is 23.9 Å². The molecule has 9 heteroatoms. The van der Waals surface area contributed by atoms with Gasteiger partial charge in [-0.3, -0.25) is 5.10 Å². The lowest BCUT2D eigenvalue weighted by molar-refractivity contribution is 0.585. The SMILES string of the molecule is CCc1c(Nc2cc(-n3nc(C)cc3C)ncn2)n[nH]c1-c1ccc(F)cc1F. The highest BCUT2D eigenvalue weighted by molar-refractivity contribution is 5.71. The molecule has 0 radical (unpaired) electrons. The van der Waals surface area contributed by atoms with Crippen molar-refractivity contribution in [1.82, 2.24) is 29.9 Å². The van der Waals surface area contributed by atoms with E-state index in [1.165, 1.54) is 18.5 Å². The second kappa shape index (κ2) is 7.42. The Bertz CT molecular complexity index is 1180. The molecule has 0 aliphatic rings. The maximum absolute atomic E-state index is 14.2. The number of nitrogens with one attached hydrogen (secondary N) is 2. The highest BCUT2D eigenvalue weighted by Gasteiger charge is 2.17. The third-order valence-corrected chi connectivity index (χ3v) is 4.55. The van der Waals surface area contributed by atoms with E-state index in [-0.39, 0.29) is 5.56 Å². The minimum Gasteiger partial charge on any atom is -0.323 e. The van der Waals surface area contributed by atoms with Crippen LogP contribution in [0, 0.1) is 25.5 Å². The molecule has 1 aromatic carbocycles. The van der Waals surface area contributed by atoms with E-state index >= 15 is 0 Å². The molecule has 3 aromatic heterocycles. The number of aryl methyl sites for hydroxylation is 2. The van der Waals surface area contributed by atoms with Gasteiger partial charge in [-0.05, 0) is 38.5 Å². The normalized spacial score (nSPS) is 11.1. The van der Waals surface area contributed by atoms with E-state index in [4.69, 9.17) is 0 Å². The number of aromatic amines is 1. The number of benzene rings is 1. The largest absolute Gasteiger partial charge is 0.323 e. The summed E-state index contributed by atoms with van der Waals surface area (Å²) in [5, 5.41) is 14.7. The number of anilines is 2. The summed E-state index contributed by atoms with van der Waals surface area (Å²) in [6, 6.07) is 7.19. The molecule has 0 amide bonds. The molecule has 148 valence electrons. The molecule has 3 heterocycles. The van der Waals surface area contributed by atoms with Gasteiger partial charge in [-0.25, -0.2) is 23.4 Å². The van der Waals surface area contributed by atoms with Crippen molar-refractivity contribution in [3.05, 3.63) is 65.2 Å². The highest BCUT2D eigenvalue weighted by atomic mass is 19.1. The molecule has 4 aromatic rings. The van der Waals surface area contributed by atoms with Crippen LogP contribution < -0.4 is 5.32 Å². The molecule has 0 aliphatic heterocycles. The van der Waals surface area contributed by atoms with Crippen molar-refractivity contribution in [2.45, 2.75) is 27.2 Å². The number of hydrogen-bond acceptors (Lipinski definition) is 5. The van der Waals surface area contributed by atoms with Crippen LogP contribution in [-0.2, 0) is 6.42 Å². The Hall–Kier alpha value is -3.62. The molecule has 4 rings (SSSR count). The van der Waals surface area contributed by atoms with E-state index in [0.717, 1.165) is 23.0 Å². The van der Waals surface area contributed by atoms with Crippen LogP contribution in [0.2, 0.25) is 0 Å². The molecule has 0 fully saturated rings. The molecule has 7 nitrogen and oxygen atoms in total. The van der Waals surface area contributed by atoms with E-state index in [1.54, 1.807) is 10.7 Å². The average molecular weight is 395 g/mol. The minimum absolute atomic E-state index is 0.259. The van der Waals surface area contributed by atoms with Crippen LogP contribution in [0.15, 0.2) is 36.7 Å². The summed E-state index contributed by atoms with van der Waals surface area (Å²) in [7, 11) is 0.